The van der Waals surface area contributed by atoms with Gasteiger partial charge in [-0.2, -0.15) is 5.10 Å². The molecule has 4 rings (SSSR count). The molecule has 2 aromatic heterocycles. The molecule has 3 aromatic rings. The summed E-state index contributed by atoms with van der Waals surface area (Å²) in [5, 5.41) is 11.4. The molecule has 0 spiro atoms. The molecule has 2 N–H and O–H groups in total. The summed E-state index contributed by atoms with van der Waals surface area (Å²) in [6, 6.07) is 10.9. The first-order valence-electron chi connectivity index (χ1n) is 8.44. The Morgan fingerprint density at radius 3 is 3.00 bits per heavy atom. The third kappa shape index (κ3) is 3.38. The molecular weight excluding hydrogens is 302 g/mol. The minimum atomic E-state index is 0.327. The van der Waals surface area contributed by atoms with Crippen molar-refractivity contribution < 1.29 is 4.74 Å². The molecular formula is C18H21N5O. The molecule has 124 valence electrons. The van der Waals surface area contributed by atoms with E-state index in [1.807, 2.05) is 6.07 Å². The first-order valence-corrected chi connectivity index (χ1v) is 8.44. The van der Waals surface area contributed by atoms with Crippen LogP contribution in [0.15, 0.2) is 42.9 Å². The van der Waals surface area contributed by atoms with E-state index in [9.17, 15) is 0 Å². The van der Waals surface area contributed by atoms with Gasteiger partial charge in [0.05, 0.1) is 24.3 Å². The number of rotatable bonds is 6. The minimum absolute atomic E-state index is 0.327. The van der Waals surface area contributed by atoms with Gasteiger partial charge in [0.2, 0.25) is 0 Å². The van der Waals surface area contributed by atoms with Crippen LogP contribution < -0.4 is 5.32 Å². The third-order valence-corrected chi connectivity index (χ3v) is 4.56. The lowest BCUT2D eigenvalue weighted by atomic mass is 10.2. The Morgan fingerprint density at radius 1 is 1.17 bits per heavy atom. The summed E-state index contributed by atoms with van der Waals surface area (Å²) >= 11 is 0. The van der Waals surface area contributed by atoms with Gasteiger partial charge in [0.1, 0.15) is 12.1 Å². The van der Waals surface area contributed by atoms with Crippen LogP contribution in [0.2, 0.25) is 0 Å². The molecule has 1 aliphatic rings. The topological polar surface area (TPSA) is 75.7 Å². The standard InChI is InChI=1S/C18H21N5O/c1-2-4-13(5-3-1)8-9-24-15-7-6-14(10-15)22-17-16-11-21-23-18(16)20-12-19-17/h1-5,11-12,14-15H,6-10H2,(H2,19,20,21,22,23)/t14-,15-/m0/s1. The van der Waals surface area contributed by atoms with Gasteiger partial charge in [-0.15, -0.1) is 0 Å². The monoisotopic (exact) mass is 323 g/mol. The molecule has 0 saturated heterocycles. The van der Waals surface area contributed by atoms with Gasteiger partial charge in [-0.1, -0.05) is 30.3 Å². The van der Waals surface area contributed by atoms with Crippen molar-refractivity contribution in [2.75, 3.05) is 11.9 Å². The molecule has 6 heteroatoms. The van der Waals surface area contributed by atoms with Gasteiger partial charge in [0.15, 0.2) is 5.65 Å². The molecule has 2 heterocycles. The first kappa shape index (κ1) is 15.1. The van der Waals surface area contributed by atoms with E-state index in [0.29, 0.717) is 12.1 Å². The number of anilines is 1. The maximum atomic E-state index is 6.06. The molecule has 0 bridgehead atoms. The maximum Gasteiger partial charge on any atom is 0.160 e. The van der Waals surface area contributed by atoms with E-state index in [0.717, 1.165) is 49.1 Å². The van der Waals surface area contributed by atoms with Gasteiger partial charge in [-0.3, -0.25) is 5.10 Å². The quantitative estimate of drug-likeness (QED) is 0.729. The Labute approximate surface area is 140 Å². The number of aromatic amines is 1. The number of aromatic nitrogens is 4. The Balaban J connectivity index is 1.28. The van der Waals surface area contributed by atoms with Crippen LogP contribution in [0.25, 0.3) is 11.0 Å². The molecule has 0 aliphatic heterocycles. The van der Waals surface area contributed by atoms with Crippen LogP contribution in [0.3, 0.4) is 0 Å². The summed E-state index contributed by atoms with van der Waals surface area (Å²) in [4.78, 5) is 8.51. The summed E-state index contributed by atoms with van der Waals surface area (Å²) in [7, 11) is 0. The lowest BCUT2D eigenvalue weighted by molar-refractivity contribution is 0.0601. The summed E-state index contributed by atoms with van der Waals surface area (Å²) in [5.41, 5.74) is 2.09. The Morgan fingerprint density at radius 2 is 2.08 bits per heavy atom. The number of nitrogens with zero attached hydrogens (tertiary/aromatic N) is 3. The average molecular weight is 323 g/mol. The van der Waals surface area contributed by atoms with Crippen LogP contribution in [0.5, 0.6) is 0 Å². The lowest BCUT2D eigenvalue weighted by Gasteiger charge is -2.15. The van der Waals surface area contributed by atoms with Crippen molar-refractivity contribution in [3.8, 4) is 0 Å². The second-order valence-corrected chi connectivity index (χ2v) is 6.24. The Kier molecular flexibility index (Phi) is 4.38. The normalized spacial score (nSPS) is 20.5. The predicted octanol–water partition coefficient (Wildman–Crippen LogP) is 2.95. The number of hydrogen-bond acceptors (Lipinski definition) is 5. The fourth-order valence-corrected chi connectivity index (χ4v) is 3.28. The first-order chi connectivity index (χ1) is 11.9. The third-order valence-electron chi connectivity index (χ3n) is 4.56. The number of benzene rings is 1. The van der Waals surface area contributed by atoms with Crippen molar-refractivity contribution in [3.05, 3.63) is 48.4 Å². The van der Waals surface area contributed by atoms with E-state index in [4.69, 9.17) is 4.74 Å². The molecule has 2 atom stereocenters. The summed E-state index contributed by atoms with van der Waals surface area (Å²) in [6.45, 7) is 0.779. The number of ether oxygens (including phenoxy) is 1. The highest BCUT2D eigenvalue weighted by Gasteiger charge is 2.26. The van der Waals surface area contributed by atoms with Crippen molar-refractivity contribution in [2.45, 2.75) is 37.8 Å². The number of fused-ring (bicyclic) bond motifs is 1. The van der Waals surface area contributed by atoms with Crippen molar-refractivity contribution in [2.24, 2.45) is 0 Å². The highest BCUT2D eigenvalue weighted by atomic mass is 16.5. The van der Waals surface area contributed by atoms with Crippen LogP contribution in [-0.2, 0) is 11.2 Å². The van der Waals surface area contributed by atoms with Crippen LogP contribution >= 0.6 is 0 Å². The zero-order chi connectivity index (χ0) is 16.2. The maximum absolute atomic E-state index is 6.06. The second-order valence-electron chi connectivity index (χ2n) is 6.24. The van der Waals surface area contributed by atoms with E-state index in [1.165, 1.54) is 5.56 Å². The molecule has 0 unspecified atom stereocenters. The Bertz CT molecular complexity index is 788. The number of nitrogens with one attached hydrogen (secondary N) is 2. The fraction of sp³-hybridized carbons (Fsp3) is 0.389. The van der Waals surface area contributed by atoms with E-state index in [-0.39, 0.29) is 0 Å². The zero-order valence-corrected chi connectivity index (χ0v) is 13.5. The molecule has 24 heavy (non-hydrogen) atoms. The van der Waals surface area contributed by atoms with Crippen molar-refractivity contribution >= 4 is 16.9 Å². The molecule has 1 fully saturated rings. The summed E-state index contributed by atoms with van der Waals surface area (Å²) in [6.07, 6.45) is 7.82. The highest BCUT2D eigenvalue weighted by Crippen LogP contribution is 2.27. The van der Waals surface area contributed by atoms with E-state index in [1.54, 1.807) is 12.5 Å². The minimum Gasteiger partial charge on any atom is -0.378 e. The lowest BCUT2D eigenvalue weighted by Crippen LogP contribution is -2.19. The molecule has 6 nitrogen and oxygen atoms in total. The summed E-state index contributed by atoms with van der Waals surface area (Å²) in [5.74, 6) is 0.851. The van der Waals surface area contributed by atoms with E-state index in [2.05, 4.69) is 49.7 Å². The SMILES string of the molecule is c1ccc(CCO[C@H]2CC[C@H](Nc3ncnc4[nH]ncc34)C2)cc1. The van der Waals surface area contributed by atoms with Crippen molar-refractivity contribution in [3.63, 3.8) is 0 Å². The smallest absolute Gasteiger partial charge is 0.160 e. The predicted molar refractivity (Wildman–Crippen MR) is 92.8 cm³/mol. The zero-order valence-electron chi connectivity index (χ0n) is 13.5. The van der Waals surface area contributed by atoms with Gasteiger partial charge < -0.3 is 10.1 Å². The van der Waals surface area contributed by atoms with Crippen molar-refractivity contribution in [1.82, 2.24) is 20.2 Å². The number of H-pyrrole nitrogens is 1. The van der Waals surface area contributed by atoms with Gasteiger partial charge in [0.25, 0.3) is 0 Å². The van der Waals surface area contributed by atoms with Gasteiger partial charge in [0, 0.05) is 6.04 Å². The van der Waals surface area contributed by atoms with Crippen LogP contribution in [0.4, 0.5) is 5.82 Å². The molecule has 1 aliphatic carbocycles. The van der Waals surface area contributed by atoms with Gasteiger partial charge in [-0.25, -0.2) is 9.97 Å². The van der Waals surface area contributed by atoms with Crippen molar-refractivity contribution in [1.29, 1.82) is 0 Å². The largest absolute Gasteiger partial charge is 0.378 e. The van der Waals surface area contributed by atoms with Crippen LogP contribution in [0, 0.1) is 0 Å². The highest BCUT2D eigenvalue weighted by molar-refractivity contribution is 5.85. The Hall–Kier alpha value is -2.47. The average Bonchev–Trinajstić information content (AvgIpc) is 3.26. The van der Waals surface area contributed by atoms with E-state index < -0.39 is 0 Å². The van der Waals surface area contributed by atoms with Gasteiger partial charge in [-0.05, 0) is 31.2 Å². The van der Waals surface area contributed by atoms with E-state index >= 15 is 0 Å². The summed E-state index contributed by atoms with van der Waals surface area (Å²) < 4.78 is 6.06. The molecule has 1 aromatic carbocycles. The fourth-order valence-electron chi connectivity index (χ4n) is 3.28. The van der Waals surface area contributed by atoms with Crippen LogP contribution in [-0.4, -0.2) is 38.9 Å². The molecule has 0 amide bonds. The second kappa shape index (κ2) is 6.97. The number of hydrogen-bond donors (Lipinski definition) is 2. The molecule has 1 saturated carbocycles. The molecule has 0 radical (unpaired) electrons. The van der Waals surface area contributed by atoms with Crippen LogP contribution in [0.1, 0.15) is 24.8 Å². The van der Waals surface area contributed by atoms with Gasteiger partial charge >= 0.3 is 0 Å².